The number of rotatable bonds is 3. The first-order chi connectivity index (χ1) is 9.70. The van der Waals surface area contributed by atoms with Gasteiger partial charge < -0.3 is 10.2 Å². The molecule has 1 aliphatic heterocycles. The second kappa shape index (κ2) is 6.09. The van der Waals surface area contributed by atoms with Crippen molar-refractivity contribution in [2.24, 2.45) is 0 Å². The van der Waals surface area contributed by atoms with E-state index in [4.69, 9.17) is 11.6 Å². The van der Waals surface area contributed by atoms with Crippen LogP contribution in [0.25, 0.3) is 0 Å². The average molecular weight is 402 g/mol. The summed E-state index contributed by atoms with van der Waals surface area (Å²) >= 11 is 8.26. The van der Waals surface area contributed by atoms with Crippen molar-refractivity contribution < 1.29 is 0 Å². The lowest BCUT2D eigenvalue weighted by Crippen LogP contribution is -2.21. The van der Waals surface area contributed by atoms with Gasteiger partial charge in [0.2, 0.25) is 17.2 Å². The molecule has 1 N–H and O–H groups in total. The van der Waals surface area contributed by atoms with Crippen LogP contribution in [0, 0.1) is 3.57 Å². The predicted molar refractivity (Wildman–Crippen MR) is 88.7 cm³/mol. The third-order valence-corrected chi connectivity index (χ3v) is 3.97. The molecule has 0 atom stereocenters. The Kier molecular flexibility index (Phi) is 4.21. The Morgan fingerprint density at radius 3 is 2.45 bits per heavy atom. The lowest BCUT2D eigenvalue weighted by molar-refractivity contribution is 0.883. The van der Waals surface area contributed by atoms with Gasteiger partial charge in [0.1, 0.15) is 0 Å². The van der Waals surface area contributed by atoms with Crippen molar-refractivity contribution in [2.45, 2.75) is 12.8 Å². The highest BCUT2D eigenvalue weighted by Crippen LogP contribution is 2.21. The molecule has 3 rings (SSSR count). The Labute approximate surface area is 135 Å². The highest BCUT2D eigenvalue weighted by molar-refractivity contribution is 14.1. The molecule has 0 aliphatic carbocycles. The summed E-state index contributed by atoms with van der Waals surface area (Å²) in [5, 5.41) is 3.38. The first kappa shape index (κ1) is 13.8. The molecule has 0 amide bonds. The van der Waals surface area contributed by atoms with Gasteiger partial charge in [-0.15, -0.1) is 0 Å². The molecule has 1 aromatic carbocycles. The average Bonchev–Trinajstić information content (AvgIpc) is 2.95. The molecular formula is C13H13ClIN5. The largest absolute Gasteiger partial charge is 0.341 e. The number of halogens is 2. The summed E-state index contributed by atoms with van der Waals surface area (Å²) in [6, 6.07) is 8.00. The van der Waals surface area contributed by atoms with E-state index in [1.165, 1.54) is 16.4 Å². The van der Waals surface area contributed by atoms with E-state index in [-0.39, 0.29) is 5.28 Å². The lowest BCUT2D eigenvalue weighted by atomic mass is 10.3. The maximum atomic E-state index is 5.99. The number of hydrogen-bond donors (Lipinski definition) is 1. The van der Waals surface area contributed by atoms with E-state index in [1.54, 1.807) is 0 Å². The maximum Gasteiger partial charge on any atom is 0.233 e. The Hall–Kier alpha value is -1.15. The van der Waals surface area contributed by atoms with Crippen molar-refractivity contribution >= 4 is 51.8 Å². The number of anilines is 3. The van der Waals surface area contributed by atoms with Crippen LogP contribution in [0.15, 0.2) is 24.3 Å². The molecule has 0 radical (unpaired) electrons. The van der Waals surface area contributed by atoms with Gasteiger partial charge in [0.05, 0.1) is 0 Å². The van der Waals surface area contributed by atoms with E-state index >= 15 is 0 Å². The van der Waals surface area contributed by atoms with Crippen molar-refractivity contribution in [2.75, 3.05) is 23.3 Å². The summed E-state index contributed by atoms with van der Waals surface area (Å²) in [6.07, 6.45) is 2.34. The third-order valence-electron chi connectivity index (χ3n) is 3.09. The zero-order valence-corrected chi connectivity index (χ0v) is 13.6. The molecule has 2 heterocycles. The quantitative estimate of drug-likeness (QED) is 0.798. The van der Waals surface area contributed by atoms with E-state index in [0.717, 1.165) is 18.8 Å². The lowest BCUT2D eigenvalue weighted by Gasteiger charge is -2.15. The normalized spacial score (nSPS) is 14.6. The van der Waals surface area contributed by atoms with E-state index in [2.05, 4.69) is 47.8 Å². The number of nitrogens with one attached hydrogen (secondary N) is 1. The fraction of sp³-hybridized carbons (Fsp3) is 0.308. The van der Waals surface area contributed by atoms with Gasteiger partial charge in [-0.25, -0.2) is 0 Å². The van der Waals surface area contributed by atoms with Gasteiger partial charge in [-0.3, -0.25) is 0 Å². The number of benzene rings is 1. The minimum atomic E-state index is 0.218. The molecular weight excluding hydrogens is 389 g/mol. The van der Waals surface area contributed by atoms with E-state index < -0.39 is 0 Å². The summed E-state index contributed by atoms with van der Waals surface area (Å²) in [5.41, 5.74) is 0.931. The van der Waals surface area contributed by atoms with E-state index in [0.29, 0.717) is 11.9 Å². The Balaban J connectivity index is 1.83. The summed E-state index contributed by atoms with van der Waals surface area (Å²) in [5.74, 6) is 1.13. The Bertz CT molecular complexity index is 598. The van der Waals surface area contributed by atoms with Crippen molar-refractivity contribution in [3.05, 3.63) is 33.1 Å². The highest BCUT2D eigenvalue weighted by atomic mass is 127. The molecule has 5 nitrogen and oxygen atoms in total. The number of nitrogens with zero attached hydrogens (tertiary/aromatic N) is 4. The minimum absolute atomic E-state index is 0.218. The zero-order chi connectivity index (χ0) is 13.9. The number of aromatic nitrogens is 3. The van der Waals surface area contributed by atoms with E-state index in [1.807, 2.05) is 24.3 Å². The van der Waals surface area contributed by atoms with Crippen molar-refractivity contribution in [1.82, 2.24) is 15.0 Å². The molecule has 2 aromatic rings. The summed E-state index contributed by atoms with van der Waals surface area (Å²) in [6.45, 7) is 1.95. The molecule has 1 aliphatic rings. The van der Waals surface area contributed by atoms with Gasteiger partial charge in [-0.2, -0.15) is 15.0 Å². The SMILES string of the molecule is Clc1nc(Nc2ccc(I)cc2)nc(N2CCCC2)n1. The monoisotopic (exact) mass is 401 g/mol. The fourth-order valence-electron chi connectivity index (χ4n) is 2.12. The first-order valence-electron chi connectivity index (χ1n) is 6.40. The molecule has 1 aromatic heterocycles. The predicted octanol–water partition coefficient (Wildman–Crippen LogP) is 3.47. The van der Waals surface area contributed by atoms with Crippen LogP contribution in [0.5, 0.6) is 0 Å². The van der Waals surface area contributed by atoms with Crippen LogP contribution in [-0.2, 0) is 0 Å². The van der Waals surface area contributed by atoms with Crippen LogP contribution in [-0.4, -0.2) is 28.0 Å². The second-order valence-electron chi connectivity index (χ2n) is 4.55. The molecule has 0 unspecified atom stereocenters. The highest BCUT2D eigenvalue weighted by Gasteiger charge is 2.16. The Morgan fingerprint density at radius 1 is 1.05 bits per heavy atom. The first-order valence-corrected chi connectivity index (χ1v) is 7.85. The smallest absolute Gasteiger partial charge is 0.233 e. The number of hydrogen-bond acceptors (Lipinski definition) is 5. The molecule has 1 saturated heterocycles. The van der Waals surface area contributed by atoms with Crippen LogP contribution in [0.1, 0.15) is 12.8 Å². The van der Waals surface area contributed by atoms with Crippen LogP contribution in [0.3, 0.4) is 0 Å². The molecule has 104 valence electrons. The van der Waals surface area contributed by atoms with Crippen LogP contribution in [0.4, 0.5) is 17.6 Å². The Morgan fingerprint density at radius 2 is 1.75 bits per heavy atom. The van der Waals surface area contributed by atoms with Crippen LogP contribution in [0.2, 0.25) is 5.28 Å². The van der Waals surface area contributed by atoms with Crippen LogP contribution < -0.4 is 10.2 Å². The molecule has 0 spiro atoms. The molecule has 7 heteroatoms. The molecule has 0 saturated carbocycles. The van der Waals surface area contributed by atoms with Gasteiger partial charge in [-0.05, 0) is 71.3 Å². The van der Waals surface area contributed by atoms with Gasteiger partial charge in [0, 0.05) is 22.3 Å². The van der Waals surface area contributed by atoms with Gasteiger partial charge in [0.25, 0.3) is 0 Å². The molecule has 1 fully saturated rings. The fourth-order valence-corrected chi connectivity index (χ4v) is 2.63. The zero-order valence-electron chi connectivity index (χ0n) is 10.7. The van der Waals surface area contributed by atoms with Crippen LogP contribution >= 0.6 is 34.2 Å². The van der Waals surface area contributed by atoms with Gasteiger partial charge >= 0.3 is 0 Å². The van der Waals surface area contributed by atoms with Crippen molar-refractivity contribution in [1.29, 1.82) is 0 Å². The summed E-state index contributed by atoms with van der Waals surface area (Å²) < 4.78 is 1.18. The third kappa shape index (κ3) is 3.29. The molecule has 0 bridgehead atoms. The minimum Gasteiger partial charge on any atom is -0.341 e. The summed E-state index contributed by atoms with van der Waals surface area (Å²) in [4.78, 5) is 14.9. The standard InChI is InChI=1S/C13H13ClIN5/c14-11-17-12(16-10-5-3-9(15)4-6-10)19-13(18-11)20-7-1-2-8-20/h3-6H,1-2,7-8H2,(H,16,17,18,19). The van der Waals surface area contributed by atoms with E-state index in [9.17, 15) is 0 Å². The van der Waals surface area contributed by atoms with Crippen molar-refractivity contribution in [3.63, 3.8) is 0 Å². The maximum absolute atomic E-state index is 5.99. The summed E-state index contributed by atoms with van der Waals surface area (Å²) in [7, 11) is 0. The molecule has 20 heavy (non-hydrogen) atoms. The second-order valence-corrected chi connectivity index (χ2v) is 6.14. The van der Waals surface area contributed by atoms with Gasteiger partial charge in [0.15, 0.2) is 0 Å². The van der Waals surface area contributed by atoms with Gasteiger partial charge in [-0.1, -0.05) is 0 Å². The topological polar surface area (TPSA) is 53.9 Å². The van der Waals surface area contributed by atoms with Crippen molar-refractivity contribution in [3.8, 4) is 0 Å².